The lowest BCUT2D eigenvalue weighted by Crippen LogP contribution is -2.34. The van der Waals surface area contributed by atoms with Crippen molar-refractivity contribution in [2.75, 3.05) is 41.7 Å². The van der Waals surface area contributed by atoms with Crippen LogP contribution in [0.3, 0.4) is 0 Å². The van der Waals surface area contributed by atoms with Crippen LogP contribution in [0.15, 0.2) is 40.9 Å². The van der Waals surface area contributed by atoms with E-state index in [9.17, 15) is 0 Å². The van der Waals surface area contributed by atoms with Gasteiger partial charge in [0.1, 0.15) is 0 Å². The average molecular weight is 468 g/mol. The van der Waals surface area contributed by atoms with Crippen LogP contribution in [0.1, 0.15) is 32.1 Å². The minimum Gasteiger partial charge on any atom is -0.478 e. The molecule has 6 rings (SSSR count). The van der Waals surface area contributed by atoms with Crippen LogP contribution in [0.4, 0.5) is 11.4 Å². The highest BCUT2D eigenvalue weighted by Crippen LogP contribution is 2.37. The van der Waals surface area contributed by atoms with Crippen LogP contribution in [-0.2, 0) is 0 Å². The maximum Gasteiger partial charge on any atom is 0.250 e. The highest BCUT2D eigenvalue weighted by atomic mass is 32.2. The van der Waals surface area contributed by atoms with Gasteiger partial charge in [0.05, 0.1) is 24.5 Å². The molecule has 174 valence electrons. The SMILES string of the molecule is OCCSNc1ccc2c(c1)N1CCC(CCCCOc3cc(ccn3)-c3nnc-2o3)CC1. The zero-order valence-corrected chi connectivity index (χ0v) is 19.4. The number of hydrogen-bond acceptors (Lipinski definition) is 9. The van der Waals surface area contributed by atoms with E-state index in [0.29, 0.717) is 30.0 Å². The lowest BCUT2D eigenvalue weighted by Gasteiger charge is -2.34. The summed E-state index contributed by atoms with van der Waals surface area (Å²) in [6.07, 6.45) is 7.50. The van der Waals surface area contributed by atoms with Crippen molar-refractivity contribution in [2.24, 2.45) is 5.92 Å². The van der Waals surface area contributed by atoms with Gasteiger partial charge < -0.3 is 23.9 Å². The summed E-state index contributed by atoms with van der Waals surface area (Å²) in [5.74, 6) is 2.92. The zero-order valence-electron chi connectivity index (χ0n) is 18.6. The molecule has 0 amide bonds. The van der Waals surface area contributed by atoms with E-state index in [1.54, 1.807) is 6.20 Å². The molecule has 0 saturated carbocycles. The number of rotatable bonds is 4. The van der Waals surface area contributed by atoms with Gasteiger partial charge in [0.25, 0.3) is 0 Å². The molecule has 3 aliphatic heterocycles. The molecule has 5 heterocycles. The second-order valence-electron chi connectivity index (χ2n) is 8.48. The van der Waals surface area contributed by atoms with Crippen LogP contribution >= 0.6 is 11.9 Å². The number of fused-ring (bicyclic) bond motifs is 6. The molecule has 2 N–H and O–H groups in total. The summed E-state index contributed by atoms with van der Waals surface area (Å²) in [5, 5.41) is 17.8. The zero-order chi connectivity index (χ0) is 22.5. The van der Waals surface area contributed by atoms with Crippen molar-refractivity contribution in [3.05, 3.63) is 36.5 Å². The van der Waals surface area contributed by atoms with Crippen LogP contribution in [0.2, 0.25) is 0 Å². The highest BCUT2D eigenvalue weighted by Gasteiger charge is 2.24. The number of piperidine rings is 1. The second kappa shape index (κ2) is 10.4. The summed E-state index contributed by atoms with van der Waals surface area (Å²) < 4.78 is 15.3. The molecule has 2 aromatic heterocycles. The minimum atomic E-state index is 0.142. The van der Waals surface area contributed by atoms with Crippen LogP contribution in [0.5, 0.6) is 5.88 Å². The van der Waals surface area contributed by atoms with Gasteiger partial charge in [0.15, 0.2) is 0 Å². The molecule has 1 aromatic carbocycles. The van der Waals surface area contributed by atoms with E-state index < -0.39 is 0 Å². The molecular weight excluding hydrogens is 438 g/mol. The monoisotopic (exact) mass is 467 g/mol. The molecule has 33 heavy (non-hydrogen) atoms. The molecule has 1 saturated heterocycles. The first kappa shape index (κ1) is 22.0. The number of aliphatic hydroxyl groups excluding tert-OH is 1. The summed E-state index contributed by atoms with van der Waals surface area (Å²) in [6, 6.07) is 9.91. The van der Waals surface area contributed by atoms with Crippen molar-refractivity contribution in [1.82, 2.24) is 15.2 Å². The fourth-order valence-electron chi connectivity index (χ4n) is 4.46. The Morgan fingerprint density at radius 3 is 2.82 bits per heavy atom. The Kier molecular flexibility index (Phi) is 6.97. The van der Waals surface area contributed by atoms with Gasteiger partial charge in [0.2, 0.25) is 17.7 Å². The smallest absolute Gasteiger partial charge is 0.250 e. The quantitative estimate of drug-likeness (QED) is 0.420. The molecule has 0 unspecified atom stereocenters. The first-order valence-electron chi connectivity index (χ1n) is 11.6. The number of hydrogen-bond donors (Lipinski definition) is 2. The van der Waals surface area contributed by atoms with E-state index in [1.165, 1.54) is 37.6 Å². The van der Waals surface area contributed by atoms with Gasteiger partial charge in [0, 0.05) is 42.4 Å². The number of aliphatic hydroxyl groups is 1. The third kappa shape index (κ3) is 5.25. The fraction of sp³-hybridized carbons (Fsp3) is 0.458. The van der Waals surface area contributed by atoms with Crippen LogP contribution in [-0.4, -0.2) is 52.3 Å². The van der Waals surface area contributed by atoms with Crippen molar-refractivity contribution < 1.29 is 14.3 Å². The Morgan fingerprint density at radius 1 is 1.06 bits per heavy atom. The molecule has 9 heteroatoms. The summed E-state index contributed by atoms with van der Waals surface area (Å²) in [6.45, 7) is 2.82. The Labute approximate surface area is 197 Å². The molecule has 1 fully saturated rings. The highest BCUT2D eigenvalue weighted by molar-refractivity contribution is 8.00. The number of pyridine rings is 1. The van der Waals surface area contributed by atoms with Crippen LogP contribution in [0.25, 0.3) is 22.9 Å². The van der Waals surface area contributed by atoms with Crippen molar-refractivity contribution in [3.8, 4) is 28.8 Å². The number of anilines is 2. The van der Waals surface area contributed by atoms with Gasteiger partial charge >= 0.3 is 0 Å². The Morgan fingerprint density at radius 2 is 1.94 bits per heavy atom. The standard InChI is InChI=1S/C24H29N5O3S/c30-12-14-33-28-19-4-5-20-21(16-19)29-10-7-17(8-11-29)3-1-2-13-31-22-15-18(6-9-25-22)23-26-27-24(20)32-23/h4-6,9,15-17,28,30H,1-3,7-8,10-14H2. The third-order valence-electron chi connectivity index (χ3n) is 6.23. The minimum absolute atomic E-state index is 0.142. The van der Waals surface area contributed by atoms with E-state index in [-0.39, 0.29) is 6.61 Å². The fourth-order valence-corrected chi connectivity index (χ4v) is 4.95. The molecule has 0 atom stereocenters. The maximum atomic E-state index is 9.09. The number of aromatic nitrogens is 3. The Hall–Kier alpha value is -2.78. The molecule has 0 spiro atoms. The number of nitrogens with zero attached hydrogens (tertiary/aromatic N) is 4. The maximum absolute atomic E-state index is 9.09. The molecular formula is C24H29N5O3S. The normalized spacial score (nSPS) is 16.7. The van der Waals surface area contributed by atoms with Crippen molar-refractivity contribution in [3.63, 3.8) is 0 Å². The van der Waals surface area contributed by atoms with Gasteiger partial charge in [-0.3, -0.25) is 0 Å². The van der Waals surface area contributed by atoms with Crippen molar-refractivity contribution in [1.29, 1.82) is 0 Å². The topological polar surface area (TPSA) is 96.5 Å². The summed E-state index contributed by atoms with van der Waals surface area (Å²) in [5.41, 5.74) is 3.82. The molecule has 3 aromatic rings. The molecule has 8 nitrogen and oxygen atoms in total. The van der Waals surface area contributed by atoms with Gasteiger partial charge in [-0.25, -0.2) is 4.98 Å². The molecule has 0 aliphatic carbocycles. The largest absolute Gasteiger partial charge is 0.478 e. The van der Waals surface area contributed by atoms with Crippen LogP contribution in [0, 0.1) is 5.92 Å². The predicted molar refractivity (Wildman–Crippen MR) is 130 cm³/mol. The molecule has 0 radical (unpaired) electrons. The van der Waals surface area contributed by atoms with Gasteiger partial charge in [-0.15, -0.1) is 10.2 Å². The van der Waals surface area contributed by atoms with Gasteiger partial charge in [-0.1, -0.05) is 18.4 Å². The summed E-state index contributed by atoms with van der Waals surface area (Å²) >= 11 is 1.49. The Bertz CT molecular complexity index is 1070. The van der Waals surface area contributed by atoms with Crippen molar-refractivity contribution in [2.45, 2.75) is 32.1 Å². The summed E-state index contributed by atoms with van der Waals surface area (Å²) in [7, 11) is 0. The van der Waals surface area contributed by atoms with E-state index in [4.69, 9.17) is 14.3 Å². The summed E-state index contributed by atoms with van der Waals surface area (Å²) in [4.78, 5) is 6.76. The predicted octanol–water partition coefficient (Wildman–Crippen LogP) is 4.63. The second-order valence-corrected chi connectivity index (χ2v) is 9.38. The lowest BCUT2D eigenvalue weighted by molar-refractivity contribution is 0.282. The van der Waals surface area contributed by atoms with Gasteiger partial charge in [-0.2, -0.15) is 0 Å². The number of ether oxygens (including phenoxy) is 1. The first-order valence-corrected chi connectivity index (χ1v) is 12.6. The van der Waals surface area contributed by atoms with Crippen LogP contribution < -0.4 is 14.4 Å². The average Bonchev–Trinajstić information content (AvgIpc) is 3.34. The first-order chi connectivity index (χ1) is 16.3. The molecule has 3 aliphatic rings. The van der Waals surface area contributed by atoms with E-state index >= 15 is 0 Å². The van der Waals surface area contributed by atoms with E-state index in [2.05, 4.69) is 30.9 Å². The van der Waals surface area contributed by atoms with E-state index in [1.807, 2.05) is 24.3 Å². The number of benzene rings is 1. The van der Waals surface area contributed by atoms with E-state index in [0.717, 1.165) is 47.9 Å². The Balaban J connectivity index is 1.51. The third-order valence-corrected chi connectivity index (χ3v) is 7.00. The molecule has 6 bridgehead atoms. The van der Waals surface area contributed by atoms with Crippen molar-refractivity contribution >= 4 is 23.3 Å². The van der Waals surface area contributed by atoms with Gasteiger partial charge in [-0.05, 0) is 55.9 Å². The lowest BCUT2D eigenvalue weighted by atomic mass is 9.91. The number of nitrogens with one attached hydrogen (secondary N) is 1.